The van der Waals surface area contributed by atoms with Gasteiger partial charge in [-0.1, -0.05) is 23.2 Å². The van der Waals surface area contributed by atoms with Gasteiger partial charge in [-0.2, -0.15) is 0 Å². The van der Waals surface area contributed by atoms with Crippen LogP contribution in [0.4, 0.5) is 0 Å². The molecular formula is C14H18Cl2N2O2. The van der Waals surface area contributed by atoms with Crippen molar-refractivity contribution in [3.05, 3.63) is 27.7 Å². The van der Waals surface area contributed by atoms with Gasteiger partial charge < -0.3 is 15.8 Å². The summed E-state index contributed by atoms with van der Waals surface area (Å²) in [5, 5.41) is 3.91. The maximum Gasteiger partial charge on any atom is 0.223 e. The van der Waals surface area contributed by atoms with E-state index in [1.165, 1.54) is 0 Å². The van der Waals surface area contributed by atoms with Crippen molar-refractivity contribution in [1.29, 1.82) is 0 Å². The number of nitrogens with two attached hydrogens (primary N) is 1. The number of rotatable bonds is 7. The zero-order valence-electron chi connectivity index (χ0n) is 11.1. The lowest BCUT2D eigenvalue weighted by molar-refractivity contribution is -0.121. The van der Waals surface area contributed by atoms with Gasteiger partial charge in [0.05, 0.1) is 18.1 Å². The van der Waals surface area contributed by atoms with Crippen molar-refractivity contribution in [3.8, 4) is 5.75 Å². The molecule has 0 spiro atoms. The lowest BCUT2D eigenvalue weighted by Gasteiger charge is -2.13. The third-order valence-electron chi connectivity index (χ3n) is 3.02. The second-order valence-corrected chi connectivity index (χ2v) is 5.70. The van der Waals surface area contributed by atoms with Crippen LogP contribution in [0.2, 0.25) is 10.0 Å². The third-order valence-corrected chi connectivity index (χ3v) is 3.52. The summed E-state index contributed by atoms with van der Waals surface area (Å²) in [7, 11) is 0. The van der Waals surface area contributed by atoms with Gasteiger partial charge in [0.2, 0.25) is 5.91 Å². The molecular weight excluding hydrogens is 299 g/mol. The van der Waals surface area contributed by atoms with Crippen molar-refractivity contribution in [2.24, 2.45) is 5.73 Å². The van der Waals surface area contributed by atoms with E-state index in [0.29, 0.717) is 41.2 Å². The van der Waals surface area contributed by atoms with Crippen molar-refractivity contribution in [1.82, 2.24) is 5.32 Å². The Bertz CT molecular complexity index is 490. The highest BCUT2D eigenvalue weighted by Gasteiger charge is 2.23. The number of hydrogen-bond donors (Lipinski definition) is 2. The van der Waals surface area contributed by atoms with Gasteiger partial charge in [0, 0.05) is 11.1 Å². The molecule has 1 fully saturated rings. The fourth-order valence-electron chi connectivity index (χ4n) is 1.89. The van der Waals surface area contributed by atoms with Crippen molar-refractivity contribution in [2.45, 2.75) is 31.7 Å². The highest BCUT2D eigenvalue weighted by atomic mass is 35.5. The molecule has 0 unspecified atom stereocenters. The molecule has 110 valence electrons. The average molecular weight is 317 g/mol. The molecule has 2 rings (SSSR count). The molecule has 0 atom stereocenters. The molecule has 3 N–H and O–H groups in total. The highest BCUT2D eigenvalue weighted by Crippen LogP contribution is 2.32. The van der Waals surface area contributed by atoms with Gasteiger partial charge in [0.15, 0.2) is 0 Å². The molecule has 1 aliphatic rings. The first-order valence-electron chi connectivity index (χ1n) is 6.70. The number of hydrogen-bond acceptors (Lipinski definition) is 3. The standard InChI is InChI=1S/C14H18Cl2N2O2/c15-10-7-9(3-5-17)14(12(16)8-10)20-6-4-13(19)18-11-1-2-11/h7-8,11H,1-6,17H2,(H,18,19). The van der Waals surface area contributed by atoms with E-state index in [9.17, 15) is 4.79 Å². The summed E-state index contributed by atoms with van der Waals surface area (Å²) in [6.07, 6.45) is 3.11. The number of nitrogens with one attached hydrogen (secondary N) is 1. The van der Waals surface area contributed by atoms with E-state index in [1.54, 1.807) is 12.1 Å². The van der Waals surface area contributed by atoms with Crippen LogP contribution in [0.3, 0.4) is 0 Å². The Hall–Kier alpha value is -0.970. The largest absolute Gasteiger partial charge is 0.491 e. The zero-order valence-corrected chi connectivity index (χ0v) is 12.6. The Labute approximate surface area is 128 Å². The smallest absolute Gasteiger partial charge is 0.223 e. The molecule has 6 heteroatoms. The molecule has 1 aliphatic carbocycles. The SMILES string of the molecule is NCCc1cc(Cl)cc(Cl)c1OCCC(=O)NC1CC1. The van der Waals surface area contributed by atoms with Crippen LogP contribution in [0.15, 0.2) is 12.1 Å². The van der Waals surface area contributed by atoms with Gasteiger partial charge in [0.25, 0.3) is 0 Å². The first-order valence-corrected chi connectivity index (χ1v) is 7.46. The van der Waals surface area contributed by atoms with Crippen molar-refractivity contribution >= 4 is 29.1 Å². The first kappa shape index (κ1) is 15.4. The molecule has 1 amide bonds. The second-order valence-electron chi connectivity index (χ2n) is 4.85. The Kier molecular flexibility index (Phi) is 5.52. The summed E-state index contributed by atoms with van der Waals surface area (Å²) in [5.41, 5.74) is 6.43. The van der Waals surface area contributed by atoms with E-state index in [0.717, 1.165) is 18.4 Å². The van der Waals surface area contributed by atoms with E-state index in [2.05, 4.69) is 5.32 Å². The van der Waals surface area contributed by atoms with Gasteiger partial charge >= 0.3 is 0 Å². The number of amides is 1. The molecule has 20 heavy (non-hydrogen) atoms. The highest BCUT2D eigenvalue weighted by molar-refractivity contribution is 6.35. The minimum atomic E-state index is 0.0120. The van der Waals surface area contributed by atoms with Gasteiger partial charge in [-0.05, 0) is 43.5 Å². The van der Waals surface area contributed by atoms with Crippen LogP contribution in [0.25, 0.3) is 0 Å². The van der Waals surface area contributed by atoms with E-state index in [1.807, 2.05) is 0 Å². The Morgan fingerprint density at radius 2 is 2.15 bits per heavy atom. The minimum Gasteiger partial charge on any atom is -0.491 e. The predicted octanol–water partition coefficient (Wildman–Crippen LogP) is 2.54. The number of benzene rings is 1. The maximum absolute atomic E-state index is 11.6. The van der Waals surface area contributed by atoms with Crippen molar-refractivity contribution in [3.63, 3.8) is 0 Å². The molecule has 4 nitrogen and oxygen atoms in total. The molecule has 1 aromatic carbocycles. The molecule has 0 aromatic heterocycles. The summed E-state index contributed by atoms with van der Waals surface area (Å²) >= 11 is 12.1. The van der Waals surface area contributed by atoms with Crippen LogP contribution < -0.4 is 15.8 Å². The van der Waals surface area contributed by atoms with E-state index in [-0.39, 0.29) is 12.5 Å². The fourth-order valence-corrected chi connectivity index (χ4v) is 2.48. The van der Waals surface area contributed by atoms with Crippen LogP contribution in [0.5, 0.6) is 5.75 Å². The van der Waals surface area contributed by atoms with Gasteiger partial charge in [0.1, 0.15) is 5.75 Å². The maximum atomic E-state index is 11.6. The van der Waals surface area contributed by atoms with Crippen LogP contribution in [0.1, 0.15) is 24.8 Å². The number of halogens is 2. The van der Waals surface area contributed by atoms with Crippen LogP contribution >= 0.6 is 23.2 Å². The Balaban J connectivity index is 1.91. The number of carbonyl (C=O) groups excluding carboxylic acids is 1. The predicted molar refractivity (Wildman–Crippen MR) is 80.5 cm³/mol. The molecule has 0 radical (unpaired) electrons. The van der Waals surface area contributed by atoms with Gasteiger partial charge in [-0.3, -0.25) is 4.79 Å². The summed E-state index contributed by atoms with van der Waals surface area (Å²) in [5.74, 6) is 0.582. The molecule has 0 bridgehead atoms. The molecule has 0 saturated heterocycles. The van der Waals surface area contributed by atoms with Gasteiger partial charge in [-0.15, -0.1) is 0 Å². The zero-order chi connectivity index (χ0) is 14.5. The molecule has 1 saturated carbocycles. The quantitative estimate of drug-likeness (QED) is 0.812. The minimum absolute atomic E-state index is 0.0120. The number of carbonyl (C=O) groups is 1. The van der Waals surface area contributed by atoms with Crippen molar-refractivity contribution in [2.75, 3.05) is 13.2 Å². The molecule has 0 heterocycles. The van der Waals surface area contributed by atoms with Crippen molar-refractivity contribution < 1.29 is 9.53 Å². The lowest BCUT2D eigenvalue weighted by atomic mass is 10.1. The van der Waals surface area contributed by atoms with Crippen LogP contribution in [-0.4, -0.2) is 25.1 Å². The lowest BCUT2D eigenvalue weighted by Crippen LogP contribution is -2.26. The second kappa shape index (κ2) is 7.16. The van der Waals surface area contributed by atoms with E-state index < -0.39 is 0 Å². The van der Waals surface area contributed by atoms with E-state index >= 15 is 0 Å². The van der Waals surface area contributed by atoms with E-state index in [4.69, 9.17) is 33.7 Å². The van der Waals surface area contributed by atoms with Crippen LogP contribution in [0, 0.1) is 0 Å². The summed E-state index contributed by atoms with van der Waals surface area (Å²) < 4.78 is 5.64. The normalized spacial score (nSPS) is 14.2. The van der Waals surface area contributed by atoms with Gasteiger partial charge in [-0.25, -0.2) is 0 Å². The summed E-state index contributed by atoms with van der Waals surface area (Å²) in [6, 6.07) is 3.79. The Morgan fingerprint density at radius 3 is 2.80 bits per heavy atom. The summed E-state index contributed by atoms with van der Waals surface area (Å²) in [6.45, 7) is 0.771. The fraction of sp³-hybridized carbons (Fsp3) is 0.500. The average Bonchev–Trinajstić information content (AvgIpc) is 3.16. The summed E-state index contributed by atoms with van der Waals surface area (Å²) in [4.78, 5) is 11.6. The monoisotopic (exact) mass is 316 g/mol. The first-order chi connectivity index (χ1) is 9.60. The molecule has 0 aliphatic heterocycles. The topological polar surface area (TPSA) is 64.3 Å². The third kappa shape index (κ3) is 4.54. The Morgan fingerprint density at radius 1 is 1.40 bits per heavy atom. The number of ether oxygens (including phenoxy) is 1. The molecule has 1 aromatic rings. The van der Waals surface area contributed by atoms with Crippen LogP contribution in [-0.2, 0) is 11.2 Å².